The standard InChI is InChI=1S/C7H10N2O2/c1-3-11-7(10)6-5(2)8-4-9-6/h3-4H2,1-2H3. The lowest BCUT2D eigenvalue weighted by Gasteiger charge is -1.99. The molecule has 0 fully saturated rings. The molecule has 0 saturated carbocycles. The number of rotatable bonds is 2. The van der Waals surface area contributed by atoms with Gasteiger partial charge < -0.3 is 4.74 Å². The van der Waals surface area contributed by atoms with E-state index in [1.54, 1.807) is 13.8 Å². The van der Waals surface area contributed by atoms with E-state index in [4.69, 9.17) is 4.74 Å². The summed E-state index contributed by atoms with van der Waals surface area (Å²) >= 11 is 0. The molecule has 0 atom stereocenters. The van der Waals surface area contributed by atoms with Gasteiger partial charge in [0.2, 0.25) is 0 Å². The second kappa shape index (κ2) is 3.27. The third kappa shape index (κ3) is 1.63. The average Bonchev–Trinajstić information content (AvgIpc) is 2.36. The van der Waals surface area contributed by atoms with Crippen molar-refractivity contribution in [2.24, 2.45) is 9.98 Å². The Morgan fingerprint density at radius 3 is 2.82 bits per heavy atom. The number of ether oxygens (including phenoxy) is 1. The van der Waals surface area contributed by atoms with E-state index >= 15 is 0 Å². The molecule has 60 valence electrons. The second-order valence-corrected chi connectivity index (χ2v) is 2.11. The van der Waals surface area contributed by atoms with Crippen molar-refractivity contribution in [1.82, 2.24) is 0 Å². The van der Waals surface area contributed by atoms with E-state index < -0.39 is 0 Å². The number of carbonyl (C=O) groups is 1. The summed E-state index contributed by atoms with van der Waals surface area (Å²) in [6.45, 7) is 4.26. The Morgan fingerprint density at radius 1 is 1.64 bits per heavy atom. The van der Waals surface area contributed by atoms with Crippen molar-refractivity contribution in [1.29, 1.82) is 0 Å². The van der Waals surface area contributed by atoms with E-state index in [1.165, 1.54) is 0 Å². The van der Waals surface area contributed by atoms with Crippen LogP contribution in [-0.4, -0.2) is 30.7 Å². The van der Waals surface area contributed by atoms with Crippen molar-refractivity contribution in [2.45, 2.75) is 13.8 Å². The molecule has 1 aliphatic rings. The van der Waals surface area contributed by atoms with Crippen LogP contribution in [0.1, 0.15) is 13.8 Å². The Bertz CT molecular complexity index is 231. The molecule has 0 radical (unpaired) electrons. The monoisotopic (exact) mass is 154 g/mol. The summed E-state index contributed by atoms with van der Waals surface area (Å²) in [7, 11) is 0. The molecule has 0 unspecified atom stereocenters. The van der Waals surface area contributed by atoms with Gasteiger partial charge in [-0.15, -0.1) is 0 Å². The molecule has 4 heteroatoms. The summed E-state index contributed by atoms with van der Waals surface area (Å²) in [5.41, 5.74) is 1.04. The summed E-state index contributed by atoms with van der Waals surface area (Å²) in [4.78, 5) is 18.8. The molecule has 11 heavy (non-hydrogen) atoms. The van der Waals surface area contributed by atoms with Gasteiger partial charge in [-0.2, -0.15) is 0 Å². The molecular formula is C7H10N2O2. The van der Waals surface area contributed by atoms with Gasteiger partial charge in [-0.25, -0.2) is 4.79 Å². The minimum Gasteiger partial charge on any atom is -0.461 e. The fourth-order valence-electron chi connectivity index (χ4n) is 0.813. The predicted molar refractivity (Wildman–Crippen MR) is 42.0 cm³/mol. The zero-order chi connectivity index (χ0) is 8.27. The van der Waals surface area contributed by atoms with Gasteiger partial charge in [-0.1, -0.05) is 0 Å². The quantitative estimate of drug-likeness (QED) is 0.541. The molecule has 0 aromatic rings. The molecule has 0 aromatic carbocycles. The van der Waals surface area contributed by atoms with Gasteiger partial charge in [0.25, 0.3) is 0 Å². The summed E-state index contributed by atoms with van der Waals surface area (Å²) in [6.07, 6.45) is 0. The minimum absolute atomic E-state index is 0.361. The van der Waals surface area contributed by atoms with E-state index in [2.05, 4.69) is 9.98 Å². The molecule has 0 aliphatic carbocycles. The predicted octanol–water partition coefficient (Wildman–Crippen LogP) is 0.422. The van der Waals surface area contributed by atoms with Crippen LogP contribution in [-0.2, 0) is 9.53 Å². The molecule has 0 bridgehead atoms. The van der Waals surface area contributed by atoms with Crippen molar-refractivity contribution in [2.75, 3.05) is 13.3 Å². The molecule has 1 aliphatic heterocycles. The maximum Gasteiger partial charge on any atom is 0.358 e. The van der Waals surface area contributed by atoms with Gasteiger partial charge in [-0.05, 0) is 13.8 Å². The molecule has 4 nitrogen and oxygen atoms in total. The van der Waals surface area contributed by atoms with Crippen LogP contribution in [0.2, 0.25) is 0 Å². The van der Waals surface area contributed by atoms with Crippen LogP contribution in [0.25, 0.3) is 0 Å². The normalized spacial score (nSPS) is 15.8. The molecule has 1 heterocycles. The zero-order valence-electron chi connectivity index (χ0n) is 6.63. The van der Waals surface area contributed by atoms with Crippen LogP contribution in [0.5, 0.6) is 0 Å². The zero-order valence-corrected chi connectivity index (χ0v) is 6.63. The molecule has 1 rings (SSSR count). The first kappa shape index (κ1) is 7.91. The highest BCUT2D eigenvalue weighted by Crippen LogP contribution is 1.97. The Balaban J connectivity index is 2.61. The SMILES string of the molecule is CCOC(=O)C1=NCN=C1C. The van der Waals surface area contributed by atoms with Crippen LogP contribution < -0.4 is 0 Å². The first-order valence-electron chi connectivity index (χ1n) is 3.48. The highest BCUT2D eigenvalue weighted by Gasteiger charge is 2.18. The lowest BCUT2D eigenvalue weighted by Crippen LogP contribution is -2.22. The van der Waals surface area contributed by atoms with Gasteiger partial charge in [0.1, 0.15) is 6.67 Å². The highest BCUT2D eigenvalue weighted by molar-refractivity contribution is 6.65. The number of hydrogen-bond donors (Lipinski definition) is 0. The van der Waals surface area contributed by atoms with E-state index in [0.717, 1.165) is 0 Å². The van der Waals surface area contributed by atoms with Gasteiger partial charge in [0.05, 0.1) is 12.3 Å². The first-order valence-corrected chi connectivity index (χ1v) is 3.48. The van der Waals surface area contributed by atoms with Crippen molar-refractivity contribution in [3.8, 4) is 0 Å². The number of nitrogens with zero attached hydrogens (tertiary/aromatic N) is 2. The van der Waals surface area contributed by atoms with Crippen LogP contribution in [0.4, 0.5) is 0 Å². The van der Waals surface area contributed by atoms with E-state index in [9.17, 15) is 4.79 Å². The summed E-state index contributed by atoms with van der Waals surface area (Å²) in [5.74, 6) is -0.369. The Kier molecular flexibility index (Phi) is 2.36. The molecular weight excluding hydrogens is 144 g/mol. The second-order valence-electron chi connectivity index (χ2n) is 2.11. The van der Waals surface area contributed by atoms with E-state index in [0.29, 0.717) is 24.7 Å². The fourth-order valence-corrected chi connectivity index (χ4v) is 0.813. The molecule has 0 aromatic heterocycles. The van der Waals surface area contributed by atoms with Crippen molar-refractivity contribution < 1.29 is 9.53 Å². The van der Waals surface area contributed by atoms with Crippen LogP contribution >= 0.6 is 0 Å². The number of carbonyl (C=O) groups excluding carboxylic acids is 1. The number of esters is 1. The maximum atomic E-state index is 11.0. The third-order valence-electron chi connectivity index (χ3n) is 1.35. The Labute approximate surface area is 65.0 Å². The summed E-state index contributed by atoms with van der Waals surface area (Å²) in [6, 6.07) is 0. The summed E-state index contributed by atoms with van der Waals surface area (Å²) in [5, 5.41) is 0. The molecule has 0 saturated heterocycles. The first-order chi connectivity index (χ1) is 5.25. The molecule has 0 spiro atoms. The van der Waals surface area contributed by atoms with E-state index in [-0.39, 0.29) is 5.97 Å². The molecule has 0 N–H and O–H groups in total. The largest absolute Gasteiger partial charge is 0.461 e. The van der Waals surface area contributed by atoms with Crippen LogP contribution in [0, 0.1) is 0 Å². The lowest BCUT2D eigenvalue weighted by atomic mass is 10.3. The van der Waals surface area contributed by atoms with Crippen LogP contribution in [0.3, 0.4) is 0 Å². The van der Waals surface area contributed by atoms with Crippen molar-refractivity contribution in [3.63, 3.8) is 0 Å². The molecule has 0 amide bonds. The summed E-state index contributed by atoms with van der Waals surface area (Å²) < 4.78 is 4.75. The van der Waals surface area contributed by atoms with Gasteiger partial charge in [-0.3, -0.25) is 9.98 Å². The topological polar surface area (TPSA) is 51.0 Å². The van der Waals surface area contributed by atoms with Crippen molar-refractivity contribution >= 4 is 17.4 Å². The van der Waals surface area contributed by atoms with Gasteiger partial charge in [0.15, 0.2) is 5.71 Å². The van der Waals surface area contributed by atoms with Gasteiger partial charge >= 0.3 is 5.97 Å². The Hall–Kier alpha value is -1.19. The smallest absolute Gasteiger partial charge is 0.358 e. The van der Waals surface area contributed by atoms with Crippen molar-refractivity contribution in [3.05, 3.63) is 0 Å². The minimum atomic E-state index is -0.369. The van der Waals surface area contributed by atoms with E-state index in [1.807, 2.05) is 0 Å². The number of hydrogen-bond acceptors (Lipinski definition) is 4. The average molecular weight is 154 g/mol. The number of aliphatic imine (C=N–C) groups is 2. The fraction of sp³-hybridized carbons (Fsp3) is 0.571. The third-order valence-corrected chi connectivity index (χ3v) is 1.35. The lowest BCUT2D eigenvalue weighted by molar-refractivity contribution is -0.134. The maximum absolute atomic E-state index is 11.0. The van der Waals surface area contributed by atoms with Gasteiger partial charge in [0, 0.05) is 0 Å². The van der Waals surface area contributed by atoms with Crippen LogP contribution in [0.15, 0.2) is 9.98 Å². The highest BCUT2D eigenvalue weighted by atomic mass is 16.5. The Morgan fingerprint density at radius 2 is 2.36 bits per heavy atom.